The molecule has 0 N–H and O–H groups in total. The van der Waals surface area contributed by atoms with Gasteiger partial charge in [0.15, 0.2) is 5.83 Å². The van der Waals surface area contributed by atoms with E-state index in [1.165, 1.54) is 6.08 Å². The van der Waals surface area contributed by atoms with Crippen molar-refractivity contribution in [3.63, 3.8) is 0 Å². The smallest absolute Gasteiger partial charge is 0.205 e. The van der Waals surface area contributed by atoms with Crippen LogP contribution in [0.3, 0.4) is 0 Å². The topological polar surface area (TPSA) is 0 Å². The van der Waals surface area contributed by atoms with Crippen LogP contribution in [0, 0.1) is 3.57 Å². The first-order chi connectivity index (χ1) is 7.50. The zero-order valence-corrected chi connectivity index (χ0v) is 10.3. The van der Waals surface area contributed by atoms with Crippen LogP contribution in [-0.4, -0.2) is 5.92 Å². The zero-order valence-electron chi connectivity index (χ0n) is 8.18. The first-order valence-electron chi connectivity index (χ1n) is 4.70. The molecule has 0 saturated carbocycles. The van der Waals surface area contributed by atoms with Gasteiger partial charge in [0.25, 0.3) is 0 Å². The van der Waals surface area contributed by atoms with Crippen molar-refractivity contribution in [2.45, 2.75) is 12.3 Å². The lowest BCUT2D eigenvalue weighted by Gasteiger charge is -2.20. The highest BCUT2D eigenvalue weighted by molar-refractivity contribution is 14.1. The number of halogens is 4. The summed E-state index contributed by atoms with van der Waals surface area (Å²) in [6.45, 7) is 0. The predicted molar refractivity (Wildman–Crippen MR) is 65.9 cm³/mol. The molecule has 84 valence electrons. The maximum Gasteiger partial charge on any atom is 0.302 e. The quantitative estimate of drug-likeness (QED) is 0.659. The monoisotopic (exact) mass is 336 g/mol. The van der Waals surface area contributed by atoms with Crippen LogP contribution in [0.1, 0.15) is 12.0 Å². The van der Waals surface area contributed by atoms with E-state index in [-0.39, 0.29) is 0 Å². The molecule has 0 saturated heterocycles. The van der Waals surface area contributed by atoms with Crippen molar-refractivity contribution in [3.8, 4) is 0 Å². The summed E-state index contributed by atoms with van der Waals surface area (Å²) in [7, 11) is 0. The van der Waals surface area contributed by atoms with E-state index < -0.39 is 18.2 Å². The first-order valence-corrected chi connectivity index (χ1v) is 5.78. The summed E-state index contributed by atoms with van der Waals surface area (Å²) in [5.41, 5.74) is 1.21. The third-order valence-electron chi connectivity index (χ3n) is 2.41. The molecule has 1 aromatic carbocycles. The highest BCUT2D eigenvalue weighted by Gasteiger charge is 2.38. The lowest BCUT2D eigenvalue weighted by molar-refractivity contribution is 0.0226. The Hall–Kier alpha value is -0.780. The van der Waals surface area contributed by atoms with Crippen LogP contribution >= 0.6 is 22.6 Å². The minimum atomic E-state index is -3.37. The lowest BCUT2D eigenvalue weighted by atomic mass is 9.94. The number of hydrogen-bond donors (Lipinski definition) is 0. The average Bonchev–Trinajstić information content (AvgIpc) is 2.23. The Bertz CT molecular complexity index is 475. The fourth-order valence-corrected chi connectivity index (χ4v) is 2.32. The van der Waals surface area contributed by atoms with Gasteiger partial charge in [-0.3, -0.25) is 0 Å². The second-order valence-corrected chi connectivity index (χ2v) is 4.73. The van der Waals surface area contributed by atoms with Crippen molar-refractivity contribution in [3.05, 3.63) is 51.4 Å². The van der Waals surface area contributed by atoms with Crippen LogP contribution in [0.15, 0.2) is 42.2 Å². The van der Waals surface area contributed by atoms with E-state index in [1.54, 1.807) is 12.1 Å². The van der Waals surface area contributed by atoms with Crippen LogP contribution < -0.4 is 0 Å². The molecule has 4 heteroatoms. The summed E-state index contributed by atoms with van der Waals surface area (Å²) >= 11 is 2.08. The number of allylic oxidation sites excluding steroid dienone is 4. The van der Waals surface area contributed by atoms with Gasteiger partial charge in [-0.1, -0.05) is 24.3 Å². The summed E-state index contributed by atoms with van der Waals surface area (Å²) in [5, 5.41) is 0. The molecule has 0 atom stereocenters. The van der Waals surface area contributed by atoms with Crippen molar-refractivity contribution in [1.29, 1.82) is 0 Å². The molecular formula is C12H8F3I. The minimum absolute atomic E-state index is 0.469. The number of rotatable bonds is 1. The molecule has 1 aliphatic rings. The van der Waals surface area contributed by atoms with Gasteiger partial charge in [-0.05, 0) is 45.9 Å². The molecule has 0 bridgehead atoms. The van der Waals surface area contributed by atoms with Gasteiger partial charge in [0, 0.05) is 9.99 Å². The molecule has 0 spiro atoms. The van der Waals surface area contributed by atoms with E-state index in [1.807, 2.05) is 12.1 Å². The molecular weight excluding hydrogens is 328 g/mol. The number of alkyl halides is 2. The van der Waals surface area contributed by atoms with E-state index in [0.717, 1.165) is 15.2 Å². The summed E-state index contributed by atoms with van der Waals surface area (Å²) in [6, 6.07) is 7.22. The number of hydrogen-bond acceptors (Lipinski definition) is 0. The molecule has 0 nitrogen and oxygen atoms in total. The molecule has 0 heterocycles. The van der Waals surface area contributed by atoms with E-state index >= 15 is 0 Å². The molecule has 0 amide bonds. The molecule has 0 aliphatic heterocycles. The number of benzene rings is 1. The third-order valence-corrected chi connectivity index (χ3v) is 3.35. The van der Waals surface area contributed by atoms with E-state index in [2.05, 4.69) is 22.6 Å². The maximum atomic E-state index is 13.2. The summed E-state index contributed by atoms with van der Waals surface area (Å²) in [4.78, 5) is 0. The second-order valence-electron chi connectivity index (χ2n) is 3.57. The fourth-order valence-electron chi connectivity index (χ4n) is 1.58. The van der Waals surface area contributed by atoms with E-state index in [4.69, 9.17) is 0 Å². The highest BCUT2D eigenvalue weighted by atomic mass is 127. The minimum Gasteiger partial charge on any atom is -0.205 e. The average molecular weight is 336 g/mol. The molecule has 0 fully saturated rings. The van der Waals surface area contributed by atoms with Crippen LogP contribution in [0.4, 0.5) is 13.2 Å². The third kappa shape index (κ3) is 2.16. The summed E-state index contributed by atoms with van der Waals surface area (Å²) < 4.78 is 40.1. The van der Waals surface area contributed by atoms with Crippen molar-refractivity contribution >= 4 is 28.2 Å². The van der Waals surface area contributed by atoms with Gasteiger partial charge in [-0.25, -0.2) is 4.39 Å². The Morgan fingerprint density at radius 1 is 1.12 bits per heavy atom. The summed E-state index contributed by atoms with van der Waals surface area (Å²) in [5.74, 6) is -4.73. The largest absolute Gasteiger partial charge is 0.302 e. The molecule has 1 aliphatic carbocycles. The van der Waals surface area contributed by atoms with Gasteiger partial charge < -0.3 is 0 Å². The molecule has 0 aromatic heterocycles. The Labute approximate surface area is 105 Å². The zero-order chi connectivity index (χ0) is 11.8. The molecule has 0 unspecified atom stereocenters. The van der Waals surface area contributed by atoms with Crippen molar-refractivity contribution in [2.75, 3.05) is 0 Å². The Kier molecular flexibility index (Phi) is 3.10. The maximum absolute atomic E-state index is 13.2. The summed E-state index contributed by atoms with van der Waals surface area (Å²) in [6.07, 6.45) is 1.70. The molecule has 16 heavy (non-hydrogen) atoms. The van der Waals surface area contributed by atoms with Crippen molar-refractivity contribution in [2.24, 2.45) is 0 Å². The Morgan fingerprint density at radius 2 is 1.81 bits per heavy atom. The van der Waals surface area contributed by atoms with Crippen molar-refractivity contribution < 1.29 is 13.2 Å². The van der Waals surface area contributed by atoms with Crippen LogP contribution in [0.5, 0.6) is 0 Å². The van der Waals surface area contributed by atoms with Gasteiger partial charge >= 0.3 is 5.92 Å². The SMILES string of the molecule is FC1=CC=C(c2ccccc2I)CC1(F)F. The van der Waals surface area contributed by atoms with Crippen molar-refractivity contribution in [1.82, 2.24) is 0 Å². The predicted octanol–water partition coefficient (Wildman–Crippen LogP) is 4.57. The normalized spacial score (nSPS) is 19.0. The van der Waals surface area contributed by atoms with Crippen LogP contribution in [0.25, 0.3) is 5.57 Å². The Balaban J connectivity index is 2.42. The Morgan fingerprint density at radius 3 is 2.44 bits per heavy atom. The van der Waals surface area contributed by atoms with Gasteiger partial charge in [-0.15, -0.1) is 0 Å². The lowest BCUT2D eigenvalue weighted by Crippen LogP contribution is -2.20. The van der Waals surface area contributed by atoms with Crippen LogP contribution in [-0.2, 0) is 0 Å². The highest BCUT2D eigenvalue weighted by Crippen LogP contribution is 2.39. The van der Waals surface area contributed by atoms with E-state index in [0.29, 0.717) is 5.57 Å². The molecule has 0 radical (unpaired) electrons. The van der Waals surface area contributed by atoms with Crippen LogP contribution in [0.2, 0.25) is 0 Å². The van der Waals surface area contributed by atoms with Gasteiger partial charge in [0.2, 0.25) is 0 Å². The van der Waals surface area contributed by atoms with Gasteiger partial charge in [0.1, 0.15) is 0 Å². The fraction of sp³-hybridized carbons (Fsp3) is 0.167. The van der Waals surface area contributed by atoms with E-state index in [9.17, 15) is 13.2 Å². The first kappa shape index (κ1) is 11.7. The second kappa shape index (κ2) is 4.24. The van der Waals surface area contributed by atoms with Gasteiger partial charge in [0.05, 0.1) is 0 Å². The molecule has 2 rings (SSSR count). The molecule has 1 aromatic rings. The standard InChI is InChI=1S/C12H8F3I/c13-11-6-5-8(7-12(11,14)15)9-3-1-2-4-10(9)16/h1-6H,7H2. The van der Waals surface area contributed by atoms with Gasteiger partial charge in [-0.2, -0.15) is 8.78 Å².